The Labute approximate surface area is 188 Å². The smallest absolute Gasteiger partial charge is 0.234 e. The summed E-state index contributed by atoms with van der Waals surface area (Å²) in [5.41, 5.74) is 3.30. The Kier molecular flexibility index (Phi) is 8.53. The maximum Gasteiger partial charge on any atom is 0.234 e. The molecule has 31 heavy (non-hydrogen) atoms. The molecular weight excluding hydrogens is 408 g/mol. The van der Waals surface area contributed by atoms with Crippen molar-refractivity contribution < 1.29 is 9.53 Å². The second kappa shape index (κ2) is 11.6. The highest BCUT2D eigenvalue weighted by atomic mass is 32.2. The third-order valence-electron chi connectivity index (χ3n) is 5.14. The third-order valence-corrected chi connectivity index (χ3v) is 6.11. The van der Waals surface area contributed by atoms with Crippen LogP contribution in [-0.2, 0) is 30.6 Å². The van der Waals surface area contributed by atoms with Crippen molar-refractivity contribution in [3.05, 3.63) is 65.5 Å². The van der Waals surface area contributed by atoms with Gasteiger partial charge in [-0.3, -0.25) is 4.79 Å². The average molecular weight is 439 g/mol. The molecule has 1 aromatic heterocycles. The first-order valence-corrected chi connectivity index (χ1v) is 11.7. The van der Waals surface area contributed by atoms with Crippen LogP contribution < -0.4 is 10.1 Å². The standard InChI is InChI=1S/C24H30N4O2S/c1-4-19-10-6-7-11-21(19)25-23(29)17-31-24-27-26-22(28(24)5-2)12-8-9-18-13-15-20(30-3)16-14-18/h6-7,10-11,13-16H,4-5,8-9,12,17H2,1-3H3,(H,25,29). The first kappa shape index (κ1) is 22.9. The van der Waals surface area contributed by atoms with Gasteiger partial charge >= 0.3 is 0 Å². The molecule has 164 valence electrons. The molecule has 0 spiro atoms. The van der Waals surface area contributed by atoms with Crippen LogP contribution in [0.15, 0.2) is 53.7 Å². The van der Waals surface area contributed by atoms with Gasteiger partial charge in [-0.15, -0.1) is 10.2 Å². The van der Waals surface area contributed by atoms with Crippen molar-refractivity contribution in [3.8, 4) is 5.75 Å². The van der Waals surface area contributed by atoms with E-state index in [0.717, 1.165) is 60.2 Å². The fourth-order valence-corrected chi connectivity index (χ4v) is 4.26. The van der Waals surface area contributed by atoms with Crippen molar-refractivity contribution in [2.75, 3.05) is 18.2 Å². The summed E-state index contributed by atoms with van der Waals surface area (Å²) in [5.74, 6) is 2.12. The number of carbonyl (C=O) groups excluding carboxylic acids is 1. The van der Waals surface area contributed by atoms with Crippen LogP contribution in [0.3, 0.4) is 0 Å². The van der Waals surface area contributed by atoms with Crippen LogP contribution in [-0.4, -0.2) is 33.5 Å². The van der Waals surface area contributed by atoms with E-state index in [4.69, 9.17) is 4.74 Å². The number of nitrogens with zero attached hydrogens (tertiary/aromatic N) is 3. The minimum absolute atomic E-state index is 0.0300. The minimum Gasteiger partial charge on any atom is -0.497 e. The lowest BCUT2D eigenvalue weighted by atomic mass is 10.1. The van der Waals surface area contributed by atoms with Crippen LogP contribution in [0.4, 0.5) is 5.69 Å². The van der Waals surface area contributed by atoms with Crippen molar-refractivity contribution in [3.63, 3.8) is 0 Å². The summed E-state index contributed by atoms with van der Waals surface area (Å²) in [5, 5.41) is 12.5. The van der Waals surface area contributed by atoms with Crippen molar-refractivity contribution in [2.45, 2.75) is 51.2 Å². The second-order valence-corrected chi connectivity index (χ2v) is 8.13. The number of benzene rings is 2. The largest absolute Gasteiger partial charge is 0.497 e. The van der Waals surface area contributed by atoms with Gasteiger partial charge in [-0.2, -0.15) is 0 Å². The van der Waals surface area contributed by atoms with E-state index in [0.29, 0.717) is 5.75 Å². The molecule has 0 radical (unpaired) electrons. The number of ether oxygens (including phenoxy) is 1. The van der Waals surface area contributed by atoms with E-state index >= 15 is 0 Å². The van der Waals surface area contributed by atoms with Crippen LogP contribution in [0.25, 0.3) is 0 Å². The molecule has 0 saturated heterocycles. The Bertz CT molecular complexity index is 985. The molecule has 3 aromatic rings. The van der Waals surface area contributed by atoms with E-state index in [1.165, 1.54) is 17.3 Å². The maximum atomic E-state index is 12.4. The molecule has 6 nitrogen and oxygen atoms in total. The van der Waals surface area contributed by atoms with E-state index in [9.17, 15) is 4.79 Å². The van der Waals surface area contributed by atoms with Gasteiger partial charge in [0.25, 0.3) is 0 Å². The van der Waals surface area contributed by atoms with Crippen LogP contribution in [0.5, 0.6) is 5.75 Å². The number of aryl methyl sites for hydroxylation is 3. The highest BCUT2D eigenvalue weighted by Crippen LogP contribution is 2.20. The van der Waals surface area contributed by atoms with Gasteiger partial charge in [0.2, 0.25) is 5.91 Å². The predicted molar refractivity (Wildman–Crippen MR) is 126 cm³/mol. The molecule has 0 unspecified atom stereocenters. The van der Waals surface area contributed by atoms with Gasteiger partial charge in [0.15, 0.2) is 5.16 Å². The number of hydrogen-bond donors (Lipinski definition) is 1. The lowest BCUT2D eigenvalue weighted by Gasteiger charge is -2.10. The van der Waals surface area contributed by atoms with Crippen LogP contribution >= 0.6 is 11.8 Å². The summed E-state index contributed by atoms with van der Waals surface area (Å²) in [6, 6.07) is 16.1. The van der Waals surface area contributed by atoms with Crippen molar-refractivity contribution >= 4 is 23.4 Å². The highest BCUT2D eigenvalue weighted by Gasteiger charge is 2.14. The SMILES string of the molecule is CCc1ccccc1NC(=O)CSc1nnc(CCCc2ccc(OC)cc2)n1CC. The Morgan fingerprint density at radius 2 is 1.84 bits per heavy atom. The predicted octanol–water partition coefficient (Wildman–Crippen LogP) is 4.78. The minimum atomic E-state index is -0.0300. The number of para-hydroxylation sites is 1. The van der Waals surface area contributed by atoms with Crippen molar-refractivity contribution in [2.24, 2.45) is 0 Å². The number of hydrogen-bond acceptors (Lipinski definition) is 5. The summed E-state index contributed by atoms with van der Waals surface area (Å²) in [6.45, 7) is 4.95. The van der Waals surface area contributed by atoms with Crippen LogP contribution in [0, 0.1) is 0 Å². The molecule has 7 heteroatoms. The quantitative estimate of drug-likeness (QED) is 0.437. The lowest BCUT2D eigenvalue weighted by Crippen LogP contribution is -2.16. The number of carbonyl (C=O) groups is 1. The van der Waals surface area contributed by atoms with Gasteiger partial charge in [0, 0.05) is 18.7 Å². The van der Waals surface area contributed by atoms with E-state index in [1.807, 2.05) is 36.4 Å². The Balaban J connectivity index is 1.52. The molecule has 2 aromatic carbocycles. The first-order chi connectivity index (χ1) is 15.1. The Morgan fingerprint density at radius 1 is 1.06 bits per heavy atom. The number of amides is 1. The molecule has 0 aliphatic rings. The van der Waals surface area contributed by atoms with Crippen LogP contribution in [0.2, 0.25) is 0 Å². The molecule has 1 amide bonds. The molecule has 1 heterocycles. The van der Waals surface area contributed by atoms with E-state index in [1.54, 1.807) is 7.11 Å². The Hall–Kier alpha value is -2.80. The molecule has 0 aliphatic heterocycles. The molecule has 0 atom stereocenters. The fourth-order valence-electron chi connectivity index (χ4n) is 3.44. The van der Waals surface area contributed by atoms with Gasteiger partial charge in [-0.05, 0) is 55.5 Å². The number of aromatic nitrogens is 3. The summed E-state index contributed by atoms with van der Waals surface area (Å²) >= 11 is 1.43. The maximum absolute atomic E-state index is 12.4. The van der Waals surface area contributed by atoms with E-state index in [-0.39, 0.29) is 5.91 Å². The van der Waals surface area contributed by atoms with Crippen LogP contribution in [0.1, 0.15) is 37.2 Å². The second-order valence-electron chi connectivity index (χ2n) is 7.19. The molecule has 0 fully saturated rings. The molecule has 0 bridgehead atoms. The van der Waals surface area contributed by atoms with Gasteiger partial charge in [-0.25, -0.2) is 0 Å². The van der Waals surface area contributed by atoms with Gasteiger partial charge in [0.05, 0.1) is 12.9 Å². The zero-order valence-corrected chi connectivity index (χ0v) is 19.2. The highest BCUT2D eigenvalue weighted by molar-refractivity contribution is 7.99. The topological polar surface area (TPSA) is 69.0 Å². The lowest BCUT2D eigenvalue weighted by molar-refractivity contribution is -0.113. The number of anilines is 1. The number of nitrogens with one attached hydrogen (secondary N) is 1. The molecule has 0 aliphatic carbocycles. The molecule has 0 saturated carbocycles. The number of thioether (sulfide) groups is 1. The molecule has 1 N–H and O–H groups in total. The molecular formula is C24H30N4O2S. The third kappa shape index (κ3) is 6.34. The van der Waals surface area contributed by atoms with E-state index < -0.39 is 0 Å². The number of rotatable bonds is 11. The van der Waals surface area contributed by atoms with E-state index in [2.05, 4.69) is 46.1 Å². The van der Waals surface area contributed by atoms with Gasteiger partial charge in [-0.1, -0.05) is 49.0 Å². The fraction of sp³-hybridized carbons (Fsp3) is 0.375. The monoisotopic (exact) mass is 438 g/mol. The van der Waals surface area contributed by atoms with Gasteiger partial charge < -0.3 is 14.6 Å². The van der Waals surface area contributed by atoms with Gasteiger partial charge in [0.1, 0.15) is 11.6 Å². The Morgan fingerprint density at radius 3 is 2.55 bits per heavy atom. The van der Waals surface area contributed by atoms with Crippen molar-refractivity contribution in [1.29, 1.82) is 0 Å². The average Bonchev–Trinajstić information content (AvgIpc) is 3.20. The summed E-state index contributed by atoms with van der Waals surface area (Å²) < 4.78 is 7.31. The zero-order chi connectivity index (χ0) is 22.1. The first-order valence-electron chi connectivity index (χ1n) is 10.7. The normalized spacial score (nSPS) is 10.8. The molecule has 3 rings (SSSR count). The zero-order valence-electron chi connectivity index (χ0n) is 18.4. The summed E-state index contributed by atoms with van der Waals surface area (Å²) in [7, 11) is 1.68. The summed E-state index contributed by atoms with van der Waals surface area (Å²) in [4.78, 5) is 12.4. The summed E-state index contributed by atoms with van der Waals surface area (Å²) in [6.07, 6.45) is 3.70. The van der Waals surface area contributed by atoms with Crippen molar-refractivity contribution in [1.82, 2.24) is 14.8 Å². The number of methoxy groups -OCH3 is 1.